The minimum Gasteiger partial charge on any atom is -0.485 e. The molecule has 1 amide bonds. The lowest BCUT2D eigenvalue weighted by molar-refractivity contribution is -0.148. The van der Waals surface area contributed by atoms with E-state index in [4.69, 9.17) is 5.73 Å². The fourth-order valence-electron chi connectivity index (χ4n) is 4.36. The number of hydrogen-bond acceptors (Lipinski definition) is 8. The van der Waals surface area contributed by atoms with Crippen LogP contribution in [0.15, 0.2) is 35.5 Å². The van der Waals surface area contributed by atoms with Crippen LogP contribution < -0.4 is 20.5 Å². The molecule has 1 fully saturated rings. The van der Waals surface area contributed by atoms with Crippen molar-refractivity contribution in [3.8, 4) is 5.75 Å². The van der Waals surface area contributed by atoms with E-state index < -0.39 is 51.5 Å². The number of nitrogens with two attached hydrogens (primary N) is 1. The van der Waals surface area contributed by atoms with Crippen molar-refractivity contribution in [2.75, 3.05) is 24.2 Å². The van der Waals surface area contributed by atoms with Gasteiger partial charge in [-0.2, -0.15) is 8.78 Å². The number of alkyl halides is 4. The third-order valence-corrected chi connectivity index (χ3v) is 10.2. The number of ether oxygens (including phenoxy) is 1. The Labute approximate surface area is 216 Å². The molecule has 2 aliphatic rings. The first-order chi connectivity index (χ1) is 17.7. The number of carbonyl (C=O) groups excluding carboxylic acids is 1. The van der Waals surface area contributed by atoms with Gasteiger partial charge in [0.2, 0.25) is 0 Å². The minimum atomic E-state index is -4.34. The summed E-state index contributed by atoms with van der Waals surface area (Å²) < 4.78 is 84.1. The predicted octanol–water partition coefficient (Wildman–Crippen LogP) is 4.07. The van der Waals surface area contributed by atoms with Gasteiger partial charge in [-0.15, -0.1) is 0 Å². The van der Waals surface area contributed by atoms with E-state index in [-0.39, 0.29) is 34.5 Å². The Morgan fingerprint density at radius 3 is 2.71 bits per heavy atom. The van der Waals surface area contributed by atoms with Crippen LogP contribution in [-0.2, 0) is 5.54 Å². The average molecular weight is 563 g/mol. The maximum Gasteiger partial charge on any atom is 0.340 e. The number of anilines is 1. The summed E-state index contributed by atoms with van der Waals surface area (Å²) in [6, 6.07) is 4.58. The molecule has 0 radical (unpaired) electrons. The number of amidine groups is 1. The van der Waals surface area contributed by atoms with Gasteiger partial charge in [0.15, 0.2) is 6.61 Å². The Morgan fingerprint density at radius 2 is 2.05 bits per heavy atom. The Balaban J connectivity index is 1.52. The van der Waals surface area contributed by atoms with Gasteiger partial charge in [-0.3, -0.25) is 14.5 Å². The summed E-state index contributed by atoms with van der Waals surface area (Å²) in [6.07, 6.45) is -1.53. The monoisotopic (exact) mass is 562 g/mol. The highest BCUT2D eigenvalue weighted by molar-refractivity contribution is 8.29. The lowest BCUT2D eigenvalue weighted by Gasteiger charge is -2.57. The molecule has 15 heteroatoms. The van der Waals surface area contributed by atoms with Gasteiger partial charge < -0.3 is 20.3 Å². The molecule has 0 saturated carbocycles. The second-order valence-corrected chi connectivity index (χ2v) is 12.4. The third-order valence-electron chi connectivity index (χ3n) is 6.63. The van der Waals surface area contributed by atoms with E-state index in [1.807, 2.05) is 6.92 Å². The molecule has 0 bridgehead atoms. The number of halogens is 5. The summed E-state index contributed by atoms with van der Waals surface area (Å²) in [6.45, 7) is 2.47. The van der Waals surface area contributed by atoms with E-state index in [1.54, 1.807) is 6.92 Å². The van der Waals surface area contributed by atoms with E-state index >= 15 is 0 Å². The Bertz CT molecular complexity index is 1250. The molecular weight excluding hydrogens is 535 g/mol. The zero-order valence-electron chi connectivity index (χ0n) is 20.5. The first kappa shape index (κ1) is 28.0. The van der Waals surface area contributed by atoms with Crippen molar-refractivity contribution in [3.63, 3.8) is 0 Å². The molecule has 4 heterocycles. The molecule has 5 N–H and O–H groups in total. The number of aliphatic imine (C=N–C) groups is 1. The van der Waals surface area contributed by atoms with Crippen LogP contribution in [0.4, 0.5) is 27.8 Å². The highest BCUT2D eigenvalue weighted by Crippen LogP contribution is 2.62. The molecule has 38 heavy (non-hydrogen) atoms. The predicted molar refractivity (Wildman–Crippen MR) is 133 cm³/mol. The summed E-state index contributed by atoms with van der Waals surface area (Å²) in [7, 11) is -2.52. The number of carbonyl (C=O) groups is 1. The number of nitrogens with zero attached hydrogens (tertiary/aromatic N) is 3. The molecule has 0 aromatic carbocycles. The van der Waals surface area contributed by atoms with Gasteiger partial charge in [-0.05, 0) is 51.0 Å². The number of rotatable bonds is 7. The van der Waals surface area contributed by atoms with Gasteiger partial charge in [0.1, 0.15) is 40.1 Å². The molecule has 4 rings (SSSR count). The molecular formula is C23H27F5N6O3S. The second kappa shape index (κ2) is 9.93. The van der Waals surface area contributed by atoms with Gasteiger partial charge in [0.05, 0.1) is 10.9 Å². The topological polar surface area (TPSA) is 135 Å². The van der Waals surface area contributed by atoms with Crippen LogP contribution in [0, 0.1) is 5.82 Å². The summed E-state index contributed by atoms with van der Waals surface area (Å²) in [4.78, 5) is 25.2. The van der Waals surface area contributed by atoms with E-state index in [2.05, 4.69) is 29.7 Å². The van der Waals surface area contributed by atoms with Crippen molar-refractivity contribution in [1.82, 2.24) is 14.7 Å². The number of amides is 1. The smallest absolute Gasteiger partial charge is 0.340 e. The van der Waals surface area contributed by atoms with Crippen LogP contribution in [0.2, 0.25) is 0 Å². The average Bonchev–Trinajstić information content (AvgIpc) is 2.85. The fraction of sp³-hybridized carbons (Fsp3) is 0.478. The summed E-state index contributed by atoms with van der Waals surface area (Å²) in [5, 5.41) is 2.47. The highest BCUT2D eigenvalue weighted by Gasteiger charge is 2.55. The van der Waals surface area contributed by atoms with Crippen LogP contribution in [-0.4, -0.2) is 62.3 Å². The van der Waals surface area contributed by atoms with Gasteiger partial charge in [0, 0.05) is 12.3 Å². The normalized spacial score (nSPS) is 29.1. The number of pyridine rings is 2. The summed E-state index contributed by atoms with van der Waals surface area (Å²) in [5.41, 5.74) is 4.68. The third kappa shape index (κ3) is 5.14. The lowest BCUT2D eigenvalue weighted by atomic mass is 9.96. The van der Waals surface area contributed by atoms with E-state index in [0.29, 0.717) is 13.0 Å². The van der Waals surface area contributed by atoms with Crippen LogP contribution in [0.25, 0.3) is 0 Å². The van der Waals surface area contributed by atoms with Crippen LogP contribution >= 0.6 is 10.5 Å². The van der Waals surface area contributed by atoms with Gasteiger partial charge in [-0.25, -0.2) is 23.1 Å². The SMILES string of the molecule is C[C@@]1(c2nc(NC(=O)c3ccc(OCC(F)(F)C(F)F)cn3)ccc2F)CS2(O)NCCC[C@]2(C)C(N)=N1. The number of fused-ring (bicyclic) bond motifs is 1. The van der Waals surface area contributed by atoms with Gasteiger partial charge in [-0.1, -0.05) is 10.5 Å². The van der Waals surface area contributed by atoms with Crippen molar-refractivity contribution >= 4 is 28.1 Å². The highest BCUT2D eigenvalue weighted by atomic mass is 32.3. The van der Waals surface area contributed by atoms with Crippen molar-refractivity contribution in [2.24, 2.45) is 10.7 Å². The van der Waals surface area contributed by atoms with Crippen LogP contribution in [0.3, 0.4) is 0 Å². The molecule has 9 nitrogen and oxygen atoms in total. The number of nitrogens with one attached hydrogen (secondary N) is 2. The Hall–Kier alpha value is -3.04. The maximum atomic E-state index is 15.0. The Kier molecular flexibility index (Phi) is 7.31. The summed E-state index contributed by atoms with van der Waals surface area (Å²) in [5.74, 6) is -5.82. The minimum absolute atomic E-state index is 0.0352. The molecule has 3 atom stereocenters. The van der Waals surface area contributed by atoms with Crippen molar-refractivity contribution in [2.45, 2.75) is 49.3 Å². The Morgan fingerprint density at radius 1 is 1.32 bits per heavy atom. The lowest BCUT2D eigenvalue weighted by Crippen LogP contribution is -2.60. The van der Waals surface area contributed by atoms with Gasteiger partial charge in [0.25, 0.3) is 5.91 Å². The molecule has 0 aliphatic carbocycles. The molecule has 2 aliphatic heterocycles. The zero-order chi connectivity index (χ0) is 27.9. The largest absolute Gasteiger partial charge is 0.485 e. The van der Waals surface area contributed by atoms with Crippen LogP contribution in [0.1, 0.15) is 42.9 Å². The second-order valence-electron chi connectivity index (χ2n) is 9.56. The fourth-order valence-corrected chi connectivity index (χ4v) is 7.47. The zero-order valence-corrected chi connectivity index (χ0v) is 21.3. The quantitative estimate of drug-likeness (QED) is 0.374. The van der Waals surface area contributed by atoms with Crippen molar-refractivity contribution in [1.29, 1.82) is 0 Å². The van der Waals surface area contributed by atoms with E-state index in [0.717, 1.165) is 30.8 Å². The molecule has 0 spiro atoms. The molecule has 1 unspecified atom stereocenters. The molecule has 208 valence electrons. The number of hydrogen-bond donors (Lipinski definition) is 4. The van der Waals surface area contributed by atoms with Crippen molar-refractivity contribution < 1.29 is 36.0 Å². The first-order valence-electron chi connectivity index (χ1n) is 11.6. The standard InChI is InChI=1S/C23H27F5N6O3S/c1-21(12-38(36)22(2,20(29)34-21)8-3-9-31-38)17-14(24)5-7-16(32-17)33-18(35)15-6-4-13(10-30-15)37-11-23(27,28)19(25)26/h4-7,10,19,31,36H,3,8-9,11-12H2,1-2H3,(H2,29,34)(H,32,33,35)/t21-,22+/m0/s1. The van der Waals surface area contributed by atoms with Crippen LogP contribution in [0.5, 0.6) is 5.75 Å². The maximum absolute atomic E-state index is 15.0. The number of aromatic nitrogens is 2. The summed E-state index contributed by atoms with van der Waals surface area (Å²) >= 11 is 0. The van der Waals surface area contributed by atoms with E-state index in [1.165, 1.54) is 6.07 Å². The first-order valence-corrected chi connectivity index (χ1v) is 13.3. The van der Waals surface area contributed by atoms with E-state index in [9.17, 15) is 31.3 Å². The molecule has 1 saturated heterocycles. The van der Waals surface area contributed by atoms with Gasteiger partial charge >= 0.3 is 12.3 Å². The van der Waals surface area contributed by atoms with Crippen molar-refractivity contribution in [3.05, 3.63) is 47.7 Å². The molecule has 2 aromatic rings. The molecule has 2 aromatic heterocycles.